The fraction of sp³-hybridized carbons (Fsp3) is 0.625. The Morgan fingerprint density at radius 1 is 1.29 bits per heavy atom. The van der Waals surface area contributed by atoms with Gasteiger partial charge in [0.05, 0.1) is 10.5 Å². The van der Waals surface area contributed by atoms with Gasteiger partial charge < -0.3 is 5.11 Å². The first-order valence-electron chi connectivity index (χ1n) is 7.64. The zero-order valence-electron chi connectivity index (χ0n) is 12.8. The molecule has 1 aromatic rings. The SMILES string of the molecule is CCC1CCC(O)(CNS(=O)(=O)c2ccccc2C)CC1. The molecule has 1 aliphatic carbocycles. The molecule has 1 saturated carbocycles. The molecule has 1 fully saturated rings. The molecule has 0 atom stereocenters. The van der Waals surface area contributed by atoms with Crippen LogP contribution in [0.2, 0.25) is 0 Å². The molecule has 21 heavy (non-hydrogen) atoms. The molecule has 118 valence electrons. The smallest absolute Gasteiger partial charge is 0.240 e. The number of rotatable bonds is 5. The molecule has 1 aromatic carbocycles. The summed E-state index contributed by atoms with van der Waals surface area (Å²) >= 11 is 0. The van der Waals surface area contributed by atoms with Crippen molar-refractivity contribution in [1.29, 1.82) is 0 Å². The second kappa shape index (κ2) is 6.46. The molecular weight excluding hydrogens is 286 g/mol. The first-order chi connectivity index (χ1) is 9.86. The van der Waals surface area contributed by atoms with Gasteiger partial charge in [-0.1, -0.05) is 31.5 Å². The Labute approximate surface area is 127 Å². The van der Waals surface area contributed by atoms with E-state index in [0.29, 0.717) is 24.3 Å². The van der Waals surface area contributed by atoms with Gasteiger partial charge in [0.1, 0.15) is 0 Å². The van der Waals surface area contributed by atoms with E-state index in [1.807, 2.05) is 6.07 Å². The van der Waals surface area contributed by atoms with Crippen LogP contribution in [0.3, 0.4) is 0 Å². The molecule has 0 spiro atoms. The minimum Gasteiger partial charge on any atom is -0.389 e. The average Bonchev–Trinajstić information content (AvgIpc) is 2.47. The first kappa shape index (κ1) is 16.5. The van der Waals surface area contributed by atoms with Gasteiger partial charge in [0.15, 0.2) is 0 Å². The van der Waals surface area contributed by atoms with Crippen LogP contribution in [-0.2, 0) is 10.0 Å². The number of hydrogen-bond donors (Lipinski definition) is 2. The van der Waals surface area contributed by atoms with Crippen LogP contribution in [0.5, 0.6) is 0 Å². The molecule has 4 nitrogen and oxygen atoms in total. The summed E-state index contributed by atoms with van der Waals surface area (Å²) in [5, 5.41) is 10.5. The Balaban J connectivity index is 2.01. The highest BCUT2D eigenvalue weighted by molar-refractivity contribution is 7.89. The molecule has 0 amide bonds. The highest BCUT2D eigenvalue weighted by Crippen LogP contribution is 2.33. The number of nitrogens with one attached hydrogen (secondary N) is 1. The molecular formula is C16H25NO3S. The van der Waals surface area contributed by atoms with Gasteiger partial charge in [0, 0.05) is 6.54 Å². The van der Waals surface area contributed by atoms with Crippen molar-refractivity contribution in [2.24, 2.45) is 5.92 Å². The number of benzene rings is 1. The van der Waals surface area contributed by atoms with E-state index in [-0.39, 0.29) is 11.4 Å². The third kappa shape index (κ3) is 4.05. The van der Waals surface area contributed by atoms with Gasteiger partial charge in [0.25, 0.3) is 0 Å². The van der Waals surface area contributed by atoms with Crippen molar-refractivity contribution < 1.29 is 13.5 Å². The molecule has 0 saturated heterocycles. The Kier molecular flexibility index (Phi) is 5.07. The zero-order valence-corrected chi connectivity index (χ0v) is 13.6. The van der Waals surface area contributed by atoms with Crippen LogP contribution in [0.15, 0.2) is 29.2 Å². The van der Waals surface area contributed by atoms with E-state index < -0.39 is 15.6 Å². The highest BCUT2D eigenvalue weighted by atomic mass is 32.2. The lowest BCUT2D eigenvalue weighted by atomic mass is 9.78. The second-order valence-corrected chi connectivity index (χ2v) is 7.90. The predicted octanol–water partition coefficient (Wildman–Crippen LogP) is 2.60. The first-order valence-corrected chi connectivity index (χ1v) is 9.12. The summed E-state index contributed by atoms with van der Waals surface area (Å²) in [7, 11) is -3.56. The summed E-state index contributed by atoms with van der Waals surface area (Å²) in [5.74, 6) is 0.665. The summed E-state index contributed by atoms with van der Waals surface area (Å²) in [5.41, 5.74) is -0.187. The van der Waals surface area contributed by atoms with E-state index in [0.717, 1.165) is 19.3 Å². The van der Waals surface area contributed by atoms with Crippen molar-refractivity contribution in [3.05, 3.63) is 29.8 Å². The molecule has 0 aromatic heterocycles. The summed E-state index contributed by atoms with van der Waals surface area (Å²) in [6.07, 6.45) is 4.41. The zero-order chi connectivity index (χ0) is 15.5. The van der Waals surface area contributed by atoms with Crippen LogP contribution in [0.25, 0.3) is 0 Å². The van der Waals surface area contributed by atoms with Gasteiger partial charge in [-0.2, -0.15) is 0 Å². The standard InChI is InChI=1S/C16H25NO3S/c1-3-14-8-10-16(18,11-9-14)12-17-21(19,20)15-7-5-4-6-13(15)2/h4-7,14,17-18H,3,8-12H2,1-2H3. The molecule has 0 heterocycles. The largest absolute Gasteiger partial charge is 0.389 e. The highest BCUT2D eigenvalue weighted by Gasteiger charge is 2.34. The van der Waals surface area contributed by atoms with Crippen molar-refractivity contribution in [3.63, 3.8) is 0 Å². The molecule has 5 heteroatoms. The maximum Gasteiger partial charge on any atom is 0.240 e. The summed E-state index contributed by atoms with van der Waals surface area (Å²) < 4.78 is 27.3. The van der Waals surface area contributed by atoms with Gasteiger partial charge in [0.2, 0.25) is 10.0 Å². The van der Waals surface area contributed by atoms with Crippen LogP contribution >= 0.6 is 0 Å². The number of aliphatic hydroxyl groups is 1. The maximum absolute atomic E-state index is 12.3. The Hall–Kier alpha value is -0.910. The van der Waals surface area contributed by atoms with E-state index in [9.17, 15) is 13.5 Å². The lowest BCUT2D eigenvalue weighted by Crippen LogP contribution is -2.45. The molecule has 2 N–H and O–H groups in total. The summed E-state index contributed by atoms with van der Waals surface area (Å²) in [6.45, 7) is 4.03. The molecule has 0 bridgehead atoms. The second-order valence-electron chi connectivity index (χ2n) is 6.17. The third-order valence-electron chi connectivity index (χ3n) is 4.59. The summed E-state index contributed by atoms with van der Waals surface area (Å²) in [6, 6.07) is 6.89. The van der Waals surface area contributed by atoms with Crippen LogP contribution in [0.1, 0.15) is 44.6 Å². The van der Waals surface area contributed by atoms with E-state index in [4.69, 9.17) is 0 Å². The minimum absolute atomic E-state index is 0.0973. The molecule has 0 aliphatic heterocycles. The van der Waals surface area contributed by atoms with Crippen molar-refractivity contribution in [2.75, 3.05) is 6.54 Å². The molecule has 0 radical (unpaired) electrons. The molecule has 1 aliphatic rings. The van der Waals surface area contributed by atoms with Gasteiger partial charge in [-0.05, 0) is 50.2 Å². The average molecular weight is 311 g/mol. The monoisotopic (exact) mass is 311 g/mol. The van der Waals surface area contributed by atoms with Crippen molar-refractivity contribution in [3.8, 4) is 0 Å². The lowest BCUT2D eigenvalue weighted by Gasteiger charge is -2.35. The quantitative estimate of drug-likeness (QED) is 0.878. The Morgan fingerprint density at radius 3 is 2.48 bits per heavy atom. The molecule has 2 rings (SSSR count). The van der Waals surface area contributed by atoms with Crippen molar-refractivity contribution in [1.82, 2.24) is 4.72 Å². The number of hydrogen-bond acceptors (Lipinski definition) is 3. The number of sulfonamides is 1. The van der Waals surface area contributed by atoms with Crippen LogP contribution in [-0.4, -0.2) is 25.7 Å². The lowest BCUT2D eigenvalue weighted by molar-refractivity contribution is -0.00442. The van der Waals surface area contributed by atoms with Gasteiger partial charge >= 0.3 is 0 Å². The maximum atomic E-state index is 12.3. The normalized spacial score (nSPS) is 26.7. The van der Waals surface area contributed by atoms with Crippen molar-refractivity contribution in [2.45, 2.75) is 56.4 Å². The van der Waals surface area contributed by atoms with Crippen LogP contribution in [0.4, 0.5) is 0 Å². The van der Waals surface area contributed by atoms with E-state index >= 15 is 0 Å². The van der Waals surface area contributed by atoms with Crippen LogP contribution < -0.4 is 4.72 Å². The Morgan fingerprint density at radius 2 is 1.90 bits per heavy atom. The number of aryl methyl sites for hydroxylation is 1. The topological polar surface area (TPSA) is 66.4 Å². The van der Waals surface area contributed by atoms with E-state index in [2.05, 4.69) is 11.6 Å². The fourth-order valence-corrected chi connectivity index (χ4v) is 4.33. The van der Waals surface area contributed by atoms with Crippen molar-refractivity contribution >= 4 is 10.0 Å². The minimum atomic E-state index is -3.56. The van der Waals surface area contributed by atoms with Gasteiger partial charge in [-0.3, -0.25) is 0 Å². The summed E-state index contributed by atoms with van der Waals surface area (Å²) in [4.78, 5) is 0.288. The molecule has 0 unspecified atom stereocenters. The van der Waals surface area contributed by atoms with E-state index in [1.165, 1.54) is 0 Å². The van der Waals surface area contributed by atoms with E-state index in [1.54, 1.807) is 25.1 Å². The fourth-order valence-electron chi connectivity index (χ4n) is 2.96. The van der Waals surface area contributed by atoms with Gasteiger partial charge in [-0.15, -0.1) is 0 Å². The third-order valence-corrected chi connectivity index (χ3v) is 6.15. The predicted molar refractivity (Wildman–Crippen MR) is 83.6 cm³/mol. The van der Waals surface area contributed by atoms with Crippen LogP contribution in [0, 0.1) is 12.8 Å². The Bertz CT molecular complexity index is 575. The van der Waals surface area contributed by atoms with Gasteiger partial charge in [-0.25, -0.2) is 13.1 Å².